The van der Waals surface area contributed by atoms with Gasteiger partial charge in [-0.1, -0.05) is 6.92 Å². The van der Waals surface area contributed by atoms with Crippen LogP contribution in [-0.2, 0) is 11.3 Å². The number of piperidine rings is 1. The van der Waals surface area contributed by atoms with Gasteiger partial charge in [0, 0.05) is 32.0 Å². The smallest absolute Gasteiger partial charge is 0.137 e. The average Bonchev–Trinajstić information content (AvgIpc) is 2.39. The molecule has 1 aliphatic heterocycles. The molecule has 0 aliphatic carbocycles. The Kier molecular flexibility index (Phi) is 4.14. The van der Waals surface area contributed by atoms with Crippen LogP contribution in [0.4, 0.5) is 5.82 Å². The molecule has 0 saturated carbocycles. The lowest BCUT2D eigenvalue weighted by atomic mass is 9.95. The highest BCUT2D eigenvalue weighted by Crippen LogP contribution is 2.25. The number of rotatable bonds is 3. The van der Waals surface area contributed by atoms with Crippen molar-refractivity contribution in [3.05, 3.63) is 17.6 Å². The van der Waals surface area contributed by atoms with E-state index >= 15 is 0 Å². The summed E-state index contributed by atoms with van der Waals surface area (Å²) < 4.78 is 5.51. The molecule has 2 heterocycles. The number of hydrogen-bond donors (Lipinski definition) is 1. The number of methoxy groups -OCH3 is 1. The fourth-order valence-corrected chi connectivity index (χ4v) is 2.40. The van der Waals surface area contributed by atoms with Crippen molar-refractivity contribution in [1.82, 2.24) is 9.97 Å². The van der Waals surface area contributed by atoms with Crippen molar-refractivity contribution in [1.29, 1.82) is 0 Å². The molecule has 0 radical (unpaired) electrons. The van der Waals surface area contributed by atoms with Crippen LogP contribution in [0.15, 0.2) is 6.20 Å². The Labute approximate surface area is 108 Å². The molecule has 0 aromatic carbocycles. The van der Waals surface area contributed by atoms with Crippen molar-refractivity contribution in [3.8, 4) is 0 Å². The fourth-order valence-electron chi connectivity index (χ4n) is 2.40. The summed E-state index contributed by atoms with van der Waals surface area (Å²) in [4.78, 5) is 10.8. The van der Waals surface area contributed by atoms with E-state index in [9.17, 15) is 5.11 Å². The van der Waals surface area contributed by atoms with Gasteiger partial charge < -0.3 is 14.7 Å². The average molecular weight is 251 g/mol. The molecular weight excluding hydrogens is 230 g/mol. The van der Waals surface area contributed by atoms with Gasteiger partial charge in [-0.25, -0.2) is 9.97 Å². The van der Waals surface area contributed by atoms with E-state index in [1.165, 1.54) is 0 Å². The first-order chi connectivity index (χ1) is 8.65. The maximum atomic E-state index is 9.38. The molecule has 100 valence electrons. The number of nitrogens with zero attached hydrogens (tertiary/aromatic N) is 3. The van der Waals surface area contributed by atoms with Gasteiger partial charge in [0.05, 0.1) is 12.7 Å². The highest BCUT2D eigenvalue weighted by atomic mass is 16.5. The number of hydrogen-bond acceptors (Lipinski definition) is 5. The molecular formula is C13H21N3O2. The Morgan fingerprint density at radius 2 is 2.33 bits per heavy atom. The van der Waals surface area contributed by atoms with Crippen LogP contribution in [0.3, 0.4) is 0 Å². The van der Waals surface area contributed by atoms with E-state index in [1.54, 1.807) is 13.3 Å². The van der Waals surface area contributed by atoms with Gasteiger partial charge in [-0.3, -0.25) is 0 Å². The molecule has 0 bridgehead atoms. The highest BCUT2D eigenvalue weighted by Gasteiger charge is 2.27. The van der Waals surface area contributed by atoms with Crippen LogP contribution >= 0.6 is 0 Å². The topological polar surface area (TPSA) is 58.5 Å². The van der Waals surface area contributed by atoms with E-state index in [0.29, 0.717) is 5.92 Å². The minimum absolute atomic E-state index is 0.0285. The Hall–Kier alpha value is -1.20. The summed E-state index contributed by atoms with van der Waals surface area (Å²) in [6.45, 7) is 5.82. The van der Waals surface area contributed by atoms with E-state index in [2.05, 4.69) is 21.8 Å². The van der Waals surface area contributed by atoms with Crippen molar-refractivity contribution in [2.75, 3.05) is 25.1 Å². The van der Waals surface area contributed by atoms with Gasteiger partial charge in [0.15, 0.2) is 0 Å². The van der Waals surface area contributed by atoms with Gasteiger partial charge in [0.1, 0.15) is 11.6 Å². The third kappa shape index (κ3) is 2.62. The summed E-state index contributed by atoms with van der Waals surface area (Å²) in [7, 11) is 1.75. The number of anilines is 1. The maximum absolute atomic E-state index is 9.38. The van der Waals surface area contributed by atoms with Crippen LogP contribution in [0.5, 0.6) is 0 Å². The minimum Gasteiger partial charge on any atom is -0.391 e. The van der Waals surface area contributed by atoms with Crippen molar-refractivity contribution in [2.24, 2.45) is 5.92 Å². The van der Waals surface area contributed by atoms with Gasteiger partial charge in [-0.2, -0.15) is 0 Å². The van der Waals surface area contributed by atoms with Gasteiger partial charge in [0.25, 0.3) is 0 Å². The maximum Gasteiger partial charge on any atom is 0.137 e. The molecule has 1 N–H and O–H groups in total. The standard InChI is InChI=1S/C13H21N3O2/c1-9-4-5-16(7-12(9)18-3)13-11(8-17)6-14-10(2)15-13/h6,9,12,17H,4-5,7-8H2,1-3H3. The Morgan fingerprint density at radius 3 is 3.00 bits per heavy atom. The zero-order chi connectivity index (χ0) is 13.1. The quantitative estimate of drug-likeness (QED) is 0.873. The number of aryl methyl sites for hydroxylation is 1. The first-order valence-electron chi connectivity index (χ1n) is 6.36. The summed E-state index contributed by atoms with van der Waals surface area (Å²) >= 11 is 0. The lowest BCUT2D eigenvalue weighted by Crippen LogP contribution is -2.44. The zero-order valence-corrected chi connectivity index (χ0v) is 11.3. The number of aromatic nitrogens is 2. The number of aliphatic hydroxyl groups is 1. The van der Waals surface area contributed by atoms with Crippen LogP contribution in [0.1, 0.15) is 24.7 Å². The summed E-state index contributed by atoms with van der Waals surface area (Å²) in [6.07, 6.45) is 3.00. The zero-order valence-electron chi connectivity index (χ0n) is 11.3. The van der Waals surface area contributed by atoms with E-state index in [1.807, 2.05) is 6.92 Å². The summed E-state index contributed by atoms with van der Waals surface area (Å²) in [6, 6.07) is 0. The van der Waals surface area contributed by atoms with Crippen molar-refractivity contribution >= 4 is 5.82 Å². The molecule has 1 fully saturated rings. The first kappa shape index (κ1) is 13.2. The molecule has 1 aliphatic rings. The van der Waals surface area contributed by atoms with E-state index in [4.69, 9.17) is 4.74 Å². The van der Waals surface area contributed by atoms with Crippen LogP contribution in [0.25, 0.3) is 0 Å². The monoisotopic (exact) mass is 251 g/mol. The molecule has 0 spiro atoms. The third-order valence-corrected chi connectivity index (χ3v) is 3.62. The van der Waals surface area contributed by atoms with Gasteiger partial charge in [-0.05, 0) is 19.3 Å². The molecule has 1 saturated heterocycles. The molecule has 2 rings (SSSR count). The van der Waals surface area contributed by atoms with Gasteiger partial charge in [-0.15, -0.1) is 0 Å². The molecule has 2 atom stereocenters. The number of aliphatic hydroxyl groups excluding tert-OH is 1. The van der Waals surface area contributed by atoms with Crippen molar-refractivity contribution in [2.45, 2.75) is 33.0 Å². The van der Waals surface area contributed by atoms with Gasteiger partial charge in [0.2, 0.25) is 0 Å². The van der Waals surface area contributed by atoms with E-state index in [0.717, 1.165) is 36.7 Å². The lowest BCUT2D eigenvalue weighted by molar-refractivity contribution is 0.0495. The fraction of sp³-hybridized carbons (Fsp3) is 0.692. The second-order valence-electron chi connectivity index (χ2n) is 4.91. The summed E-state index contributed by atoms with van der Waals surface area (Å²) in [5.41, 5.74) is 0.782. The normalized spacial score (nSPS) is 24.3. The second kappa shape index (κ2) is 5.63. The van der Waals surface area contributed by atoms with Crippen LogP contribution < -0.4 is 4.90 Å². The third-order valence-electron chi connectivity index (χ3n) is 3.62. The molecule has 1 aromatic heterocycles. The van der Waals surface area contributed by atoms with E-state index in [-0.39, 0.29) is 12.7 Å². The van der Waals surface area contributed by atoms with E-state index < -0.39 is 0 Å². The summed E-state index contributed by atoms with van der Waals surface area (Å²) in [5, 5.41) is 9.38. The molecule has 0 amide bonds. The number of ether oxygens (including phenoxy) is 1. The summed E-state index contributed by atoms with van der Waals surface area (Å²) in [5.74, 6) is 2.14. The molecule has 18 heavy (non-hydrogen) atoms. The molecule has 1 aromatic rings. The SMILES string of the molecule is COC1CN(c2nc(C)ncc2CO)CCC1C. The second-order valence-corrected chi connectivity index (χ2v) is 4.91. The molecule has 5 nitrogen and oxygen atoms in total. The first-order valence-corrected chi connectivity index (χ1v) is 6.36. The van der Waals surface area contributed by atoms with Crippen LogP contribution in [0.2, 0.25) is 0 Å². The van der Waals surface area contributed by atoms with Crippen LogP contribution in [0, 0.1) is 12.8 Å². The lowest BCUT2D eigenvalue weighted by Gasteiger charge is -2.37. The molecule has 2 unspecified atom stereocenters. The van der Waals surface area contributed by atoms with Crippen molar-refractivity contribution < 1.29 is 9.84 Å². The van der Waals surface area contributed by atoms with Gasteiger partial charge >= 0.3 is 0 Å². The minimum atomic E-state index is -0.0285. The van der Waals surface area contributed by atoms with Crippen LogP contribution in [-0.4, -0.2) is 41.4 Å². The largest absolute Gasteiger partial charge is 0.391 e. The Balaban J connectivity index is 2.23. The Morgan fingerprint density at radius 1 is 1.56 bits per heavy atom. The highest BCUT2D eigenvalue weighted by molar-refractivity contribution is 5.46. The predicted octanol–water partition coefficient (Wildman–Crippen LogP) is 1.14. The predicted molar refractivity (Wildman–Crippen MR) is 69.5 cm³/mol. The van der Waals surface area contributed by atoms with Crippen molar-refractivity contribution in [3.63, 3.8) is 0 Å². The molecule has 5 heteroatoms. The Bertz CT molecular complexity index is 411.